The first kappa shape index (κ1) is 22.5. The Labute approximate surface area is 203 Å². The fraction of sp³-hybridized carbons (Fsp3) is 0.214. The van der Waals surface area contributed by atoms with Crippen molar-refractivity contribution in [2.45, 2.75) is 19.9 Å². The van der Waals surface area contributed by atoms with E-state index in [1.807, 2.05) is 44.0 Å². The van der Waals surface area contributed by atoms with Crippen molar-refractivity contribution in [2.24, 2.45) is 0 Å². The molecule has 3 aromatic carbocycles. The molecule has 0 spiro atoms. The number of anilines is 2. The van der Waals surface area contributed by atoms with Gasteiger partial charge in [-0.25, -0.2) is 0 Å². The van der Waals surface area contributed by atoms with Gasteiger partial charge in [-0.05, 0) is 66.9 Å². The minimum Gasteiger partial charge on any atom is -0.508 e. The van der Waals surface area contributed by atoms with Crippen LogP contribution in [0.1, 0.15) is 28.3 Å². The largest absolute Gasteiger partial charge is 0.508 e. The lowest BCUT2D eigenvalue weighted by atomic mass is 9.94. The van der Waals surface area contributed by atoms with Crippen LogP contribution in [0.5, 0.6) is 11.5 Å². The molecule has 7 nitrogen and oxygen atoms in total. The predicted octanol–water partition coefficient (Wildman–Crippen LogP) is 4.46. The van der Waals surface area contributed by atoms with Gasteiger partial charge >= 0.3 is 0 Å². The number of phenols is 1. The van der Waals surface area contributed by atoms with Gasteiger partial charge in [0.25, 0.3) is 11.7 Å². The number of hydrogen-bond acceptors (Lipinski definition) is 6. The highest BCUT2D eigenvalue weighted by Gasteiger charge is 2.47. The van der Waals surface area contributed by atoms with Crippen LogP contribution in [0.15, 0.2) is 66.2 Å². The third kappa shape index (κ3) is 3.79. The maximum absolute atomic E-state index is 13.4. The van der Waals surface area contributed by atoms with Gasteiger partial charge in [0, 0.05) is 18.3 Å². The van der Waals surface area contributed by atoms with Crippen molar-refractivity contribution in [3.63, 3.8) is 0 Å². The molecule has 2 aliphatic rings. The summed E-state index contributed by atoms with van der Waals surface area (Å²) in [4.78, 5) is 30.3. The number of ether oxygens (including phenoxy) is 1. The SMILES string of the molecule is Cc1ccc(C)c(N2C(=O)C(=O)/C(=C(\O)c3ccc4c(c3)N(C)CCO4)C2c2ccc(O)cc2)c1. The summed E-state index contributed by atoms with van der Waals surface area (Å²) in [5, 5.41) is 21.3. The zero-order valence-corrected chi connectivity index (χ0v) is 19.8. The van der Waals surface area contributed by atoms with E-state index in [2.05, 4.69) is 0 Å². The van der Waals surface area contributed by atoms with E-state index in [0.717, 1.165) is 16.8 Å². The molecular weight excluding hydrogens is 444 g/mol. The molecule has 3 aromatic rings. The average Bonchev–Trinajstić information content (AvgIpc) is 3.11. The molecule has 0 aromatic heterocycles. The quantitative estimate of drug-likeness (QED) is 0.334. The molecule has 1 fully saturated rings. The molecule has 1 saturated heterocycles. The minimum atomic E-state index is -0.860. The van der Waals surface area contributed by atoms with Crippen LogP contribution in [-0.4, -0.2) is 42.1 Å². The van der Waals surface area contributed by atoms with Gasteiger partial charge in [0.2, 0.25) is 0 Å². The Hall–Kier alpha value is -4.26. The Balaban J connectivity index is 1.72. The van der Waals surface area contributed by atoms with Gasteiger partial charge in [-0.15, -0.1) is 0 Å². The number of phenolic OH excluding ortho intramolecular Hbond substituents is 1. The number of carbonyl (C=O) groups is 2. The van der Waals surface area contributed by atoms with E-state index < -0.39 is 17.7 Å². The number of carbonyl (C=O) groups excluding carboxylic acids is 2. The summed E-state index contributed by atoms with van der Waals surface area (Å²) in [7, 11) is 1.93. The number of rotatable bonds is 3. The zero-order chi connectivity index (χ0) is 24.9. The van der Waals surface area contributed by atoms with Crippen molar-refractivity contribution < 1.29 is 24.5 Å². The highest BCUT2D eigenvalue weighted by molar-refractivity contribution is 6.51. The van der Waals surface area contributed by atoms with Crippen LogP contribution in [-0.2, 0) is 9.59 Å². The molecule has 2 aliphatic heterocycles. The lowest BCUT2D eigenvalue weighted by Gasteiger charge is -2.28. The van der Waals surface area contributed by atoms with Gasteiger partial charge in [-0.3, -0.25) is 14.5 Å². The first-order chi connectivity index (χ1) is 16.8. The molecule has 5 rings (SSSR count). The minimum absolute atomic E-state index is 0.000858. The third-order valence-electron chi connectivity index (χ3n) is 6.61. The molecule has 1 atom stereocenters. The predicted molar refractivity (Wildman–Crippen MR) is 134 cm³/mol. The highest BCUT2D eigenvalue weighted by atomic mass is 16.5. The summed E-state index contributed by atoms with van der Waals surface area (Å²) in [6, 6.07) is 16.4. The van der Waals surface area contributed by atoms with Crippen LogP contribution >= 0.6 is 0 Å². The van der Waals surface area contributed by atoms with Crippen molar-refractivity contribution in [3.05, 3.63) is 88.5 Å². The summed E-state index contributed by atoms with van der Waals surface area (Å²) in [6.45, 7) is 5.06. The van der Waals surface area contributed by atoms with Crippen LogP contribution in [0, 0.1) is 13.8 Å². The molecule has 0 aliphatic carbocycles. The number of amides is 1. The number of aryl methyl sites for hydroxylation is 2. The Kier molecular flexibility index (Phi) is 5.47. The molecule has 0 saturated carbocycles. The number of benzene rings is 3. The van der Waals surface area contributed by atoms with Gasteiger partial charge in [0.1, 0.15) is 23.9 Å². The fourth-order valence-corrected chi connectivity index (χ4v) is 4.69. The summed E-state index contributed by atoms with van der Waals surface area (Å²) in [5.41, 5.74) is 4.18. The van der Waals surface area contributed by atoms with Crippen molar-refractivity contribution >= 4 is 28.8 Å². The second kappa shape index (κ2) is 8.51. The summed E-state index contributed by atoms with van der Waals surface area (Å²) < 4.78 is 5.70. The van der Waals surface area contributed by atoms with E-state index in [1.165, 1.54) is 17.0 Å². The van der Waals surface area contributed by atoms with Crippen molar-refractivity contribution in [1.29, 1.82) is 0 Å². The van der Waals surface area contributed by atoms with E-state index >= 15 is 0 Å². The van der Waals surface area contributed by atoms with Crippen LogP contribution in [0.2, 0.25) is 0 Å². The number of aliphatic hydroxyl groups is 1. The number of aliphatic hydroxyl groups excluding tert-OH is 1. The first-order valence-electron chi connectivity index (χ1n) is 11.4. The Morgan fingerprint density at radius 2 is 1.71 bits per heavy atom. The van der Waals surface area contributed by atoms with Gasteiger partial charge in [0.15, 0.2) is 0 Å². The number of ketones is 1. The number of aromatic hydroxyl groups is 1. The Bertz CT molecular complexity index is 1380. The third-order valence-corrected chi connectivity index (χ3v) is 6.61. The van der Waals surface area contributed by atoms with E-state index in [9.17, 15) is 19.8 Å². The highest BCUT2D eigenvalue weighted by Crippen LogP contribution is 2.44. The molecule has 178 valence electrons. The van der Waals surface area contributed by atoms with Crippen molar-refractivity contribution in [3.8, 4) is 11.5 Å². The fourth-order valence-electron chi connectivity index (χ4n) is 4.69. The smallest absolute Gasteiger partial charge is 0.300 e. The molecule has 35 heavy (non-hydrogen) atoms. The van der Waals surface area contributed by atoms with Gasteiger partial charge in [-0.1, -0.05) is 24.3 Å². The van der Waals surface area contributed by atoms with E-state index in [1.54, 1.807) is 30.3 Å². The molecule has 2 heterocycles. The number of nitrogens with zero attached hydrogens (tertiary/aromatic N) is 2. The molecule has 0 bridgehead atoms. The first-order valence-corrected chi connectivity index (χ1v) is 11.4. The zero-order valence-electron chi connectivity index (χ0n) is 19.8. The van der Waals surface area contributed by atoms with E-state index in [-0.39, 0.29) is 17.1 Å². The summed E-state index contributed by atoms with van der Waals surface area (Å²) in [5.74, 6) is -0.965. The normalized spacial score (nSPS) is 19.0. The molecular formula is C28H26N2O5. The van der Waals surface area contributed by atoms with Crippen LogP contribution < -0.4 is 14.5 Å². The summed E-state index contributed by atoms with van der Waals surface area (Å²) in [6.07, 6.45) is 0. The number of fused-ring (bicyclic) bond motifs is 1. The Morgan fingerprint density at radius 3 is 2.46 bits per heavy atom. The van der Waals surface area contributed by atoms with Gasteiger partial charge in [0.05, 0.1) is 23.8 Å². The average molecular weight is 471 g/mol. The maximum Gasteiger partial charge on any atom is 0.300 e. The van der Waals surface area contributed by atoms with E-state index in [4.69, 9.17) is 4.74 Å². The molecule has 7 heteroatoms. The lowest BCUT2D eigenvalue weighted by molar-refractivity contribution is -0.132. The molecule has 1 unspecified atom stereocenters. The number of Topliss-reactive ketones (excluding diaryl/α,β-unsaturated/α-hetero) is 1. The summed E-state index contributed by atoms with van der Waals surface area (Å²) >= 11 is 0. The number of likely N-dealkylation sites (N-methyl/N-ethyl adjacent to an activating group) is 1. The molecule has 2 N–H and O–H groups in total. The molecule has 1 amide bonds. The van der Waals surface area contributed by atoms with Crippen molar-refractivity contribution in [1.82, 2.24) is 0 Å². The topological polar surface area (TPSA) is 90.3 Å². The lowest BCUT2D eigenvalue weighted by Crippen LogP contribution is -2.30. The van der Waals surface area contributed by atoms with E-state index in [0.29, 0.717) is 35.7 Å². The Morgan fingerprint density at radius 1 is 0.971 bits per heavy atom. The molecule has 0 radical (unpaired) electrons. The second-order valence-electron chi connectivity index (χ2n) is 9.00. The van der Waals surface area contributed by atoms with Gasteiger partial charge < -0.3 is 19.8 Å². The van der Waals surface area contributed by atoms with Crippen LogP contribution in [0.4, 0.5) is 11.4 Å². The van der Waals surface area contributed by atoms with Crippen LogP contribution in [0.25, 0.3) is 5.76 Å². The second-order valence-corrected chi connectivity index (χ2v) is 9.00. The van der Waals surface area contributed by atoms with Crippen LogP contribution in [0.3, 0.4) is 0 Å². The standard InChI is InChI=1S/C28H26N2O5/c1-16-4-5-17(2)21(14-16)30-25(18-6-9-20(31)10-7-18)24(27(33)28(30)34)26(32)19-8-11-23-22(15-19)29(3)12-13-35-23/h4-11,14-15,25,31-32H,12-13H2,1-3H3/b26-24-. The maximum atomic E-state index is 13.4. The number of hydrogen-bond donors (Lipinski definition) is 2. The van der Waals surface area contributed by atoms with Crippen molar-refractivity contribution in [2.75, 3.05) is 30.0 Å². The van der Waals surface area contributed by atoms with Gasteiger partial charge in [-0.2, -0.15) is 0 Å². The monoisotopic (exact) mass is 470 g/mol.